The van der Waals surface area contributed by atoms with Crippen molar-refractivity contribution in [1.82, 2.24) is 0 Å². The smallest absolute Gasteiger partial charge is 0.160 e. The van der Waals surface area contributed by atoms with E-state index < -0.39 is 0 Å². The lowest BCUT2D eigenvalue weighted by molar-refractivity contribution is 0.373. The Labute approximate surface area is 105 Å². The van der Waals surface area contributed by atoms with Crippen molar-refractivity contribution in [2.24, 2.45) is 4.99 Å². The minimum atomic E-state index is 0.0544. The second-order valence-electron chi connectivity index (χ2n) is 3.68. The average molecular weight is 243 g/mol. The molecule has 0 aromatic heterocycles. The first kappa shape index (κ1) is 12.0. The molecule has 2 rings (SSSR count). The molecule has 4 nitrogen and oxygen atoms in total. The van der Waals surface area contributed by atoms with Gasteiger partial charge in [-0.2, -0.15) is 0 Å². The summed E-state index contributed by atoms with van der Waals surface area (Å²) in [6.07, 6.45) is 1.56. The highest BCUT2D eigenvalue weighted by molar-refractivity contribution is 5.83. The fourth-order valence-electron chi connectivity index (χ4n) is 1.50. The summed E-state index contributed by atoms with van der Waals surface area (Å²) in [4.78, 5) is 4.15. The number of nitrogens with zero attached hydrogens (tertiary/aromatic N) is 1. The molecule has 0 atom stereocenters. The first-order valence-corrected chi connectivity index (χ1v) is 5.40. The first-order valence-electron chi connectivity index (χ1n) is 5.40. The number of phenols is 2. The fraction of sp³-hybridized carbons (Fsp3) is 0.0714. The van der Waals surface area contributed by atoms with E-state index in [1.807, 2.05) is 0 Å². The normalized spacial score (nSPS) is 10.7. The van der Waals surface area contributed by atoms with E-state index in [2.05, 4.69) is 4.99 Å². The van der Waals surface area contributed by atoms with Crippen molar-refractivity contribution < 1.29 is 14.9 Å². The molecule has 0 unspecified atom stereocenters. The van der Waals surface area contributed by atoms with Gasteiger partial charge < -0.3 is 14.9 Å². The number of hydrogen-bond donors (Lipinski definition) is 2. The maximum absolute atomic E-state index is 9.61. The van der Waals surface area contributed by atoms with Crippen LogP contribution in [0.15, 0.2) is 47.5 Å². The SMILES string of the molecule is COc1ccc(C=Nc2ccccc2O)cc1O. The van der Waals surface area contributed by atoms with Crippen molar-refractivity contribution in [3.05, 3.63) is 48.0 Å². The predicted molar refractivity (Wildman–Crippen MR) is 70.0 cm³/mol. The number of ether oxygens (including phenoxy) is 1. The number of para-hydroxylation sites is 2. The van der Waals surface area contributed by atoms with Crippen LogP contribution < -0.4 is 4.74 Å². The van der Waals surface area contributed by atoms with E-state index in [1.165, 1.54) is 7.11 Å². The van der Waals surface area contributed by atoms with Crippen molar-refractivity contribution in [2.75, 3.05) is 7.11 Å². The summed E-state index contributed by atoms with van der Waals surface area (Å²) in [5, 5.41) is 19.1. The fourth-order valence-corrected chi connectivity index (χ4v) is 1.50. The highest BCUT2D eigenvalue weighted by Crippen LogP contribution is 2.27. The molecular weight excluding hydrogens is 230 g/mol. The number of benzene rings is 2. The van der Waals surface area contributed by atoms with Crippen LogP contribution in [0.2, 0.25) is 0 Å². The third-order valence-corrected chi connectivity index (χ3v) is 2.44. The van der Waals surface area contributed by atoms with Gasteiger partial charge in [-0.1, -0.05) is 12.1 Å². The van der Waals surface area contributed by atoms with Gasteiger partial charge in [0.1, 0.15) is 11.4 Å². The monoisotopic (exact) mass is 243 g/mol. The molecule has 0 radical (unpaired) electrons. The molecule has 0 spiro atoms. The Kier molecular flexibility index (Phi) is 3.48. The highest BCUT2D eigenvalue weighted by atomic mass is 16.5. The zero-order chi connectivity index (χ0) is 13.0. The molecular formula is C14H13NO3. The molecule has 4 heteroatoms. The van der Waals surface area contributed by atoms with E-state index in [4.69, 9.17) is 4.74 Å². The molecule has 2 N–H and O–H groups in total. The van der Waals surface area contributed by atoms with E-state index >= 15 is 0 Å². The maximum Gasteiger partial charge on any atom is 0.160 e. The molecule has 0 aliphatic rings. The van der Waals surface area contributed by atoms with E-state index in [9.17, 15) is 10.2 Å². The number of aliphatic imine (C=N–C) groups is 1. The van der Waals surface area contributed by atoms with Crippen molar-refractivity contribution in [2.45, 2.75) is 0 Å². The van der Waals surface area contributed by atoms with Gasteiger partial charge in [0.05, 0.1) is 7.11 Å². The van der Waals surface area contributed by atoms with Crippen molar-refractivity contribution in [3.63, 3.8) is 0 Å². The van der Waals surface area contributed by atoms with Gasteiger partial charge in [0.25, 0.3) is 0 Å². The molecule has 18 heavy (non-hydrogen) atoms. The Hall–Kier alpha value is -2.49. The summed E-state index contributed by atoms with van der Waals surface area (Å²) >= 11 is 0. The van der Waals surface area contributed by atoms with E-state index in [-0.39, 0.29) is 11.5 Å². The second kappa shape index (κ2) is 5.23. The van der Waals surface area contributed by atoms with E-state index in [0.29, 0.717) is 11.4 Å². The largest absolute Gasteiger partial charge is 0.506 e. The number of phenolic OH excluding ortho intramolecular Hbond substituents is 2. The van der Waals surface area contributed by atoms with Gasteiger partial charge in [0.2, 0.25) is 0 Å². The van der Waals surface area contributed by atoms with Crippen LogP contribution in [0.1, 0.15) is 5.56 Å². The summed E-state index contributed by atoms with van der Waals surface area (Å²) in [6.45, 7) is 0. The van der Waals surface area contributed by atoms with E-state index in [0.717, 1.165) is 5.56 Å². The summed E-state index contributed by atoms with van der Waals surface area (Å²) in [5.41, 5.74) is 1.20. The number of hydrogen-bond acceptors (Lipinski definition) is 4. The molecule has 2 aromatic carbocycles. The van der Waals surface area contributed by atoms with Crippen LogP contribution in [0.5, 0.6) is 17.2 Å². The van der Waals surface area contributed by atoms with Gasteiger partial charge in [0, 0.05) is 6.21 Å². The Balaban J connectivity index is 2.24. The molecule has 0 saturated heterocycles. The van der Waals surface area contributed by atoms with Crippen LogP contribution in [0.25, 0.3) is 0 Å². The Bertz CT molecular complexity index is 579. The highest BCUT2D eigenvalue weighted by Gasteiger charge is 2.01. The van der Waals surface area contributed by atoms with Crippen LogP contribution in [0.3, 0.4) is 0 Å². The number of aromatic hydroxyl groups is 2. The molecule has 92 valence electrons. The maximum atomic E-state index is 9.61. The van der Waals surface area contributed by atoms with Crippen LogP contribution in [-0.4, -0.2) is 23.5 Å². The minimum absolute atomic E-state index is 0.0544. The lowest BCUT2D eigenvalue weighted by Crippen LogP contribution is -1.86. The van der Waals surface area contributed by atoms with Gasteiger partial charge >= 0.3 is 0 Å². The quantitative estimate of drug-likeness (QED) is 0.815. The molecule has 0 bridgehead atoms. The predicted octanol–water partition coefficient (Wildman–Crippen LogP) is 2.86. The van der Waals surface area contributed by atoms with E-state index in [1.54, 1.807) is 48.7 Å². The van der Waals surface area contributed by atoms with Crippen molar-refractivity contribution in [1.29, 1.82) is 0 Å². The molecule has 0 fully saturated rings. The lowest BCUT2D eigenvalue weighted by atomic mass is 10.2. The zero-order valence-electron chi connectivity index (χ0n) is 9.87. The molecule has 0 amide bonds. The van der Waals surface area contributed by atoms with Crippen LogP contribution in [0.4, 0.5) is 5.69 Å². The average Bonchev–Trinajstić information content (AvgIpc) is 2.38. The molecule has 2 aromatic rings. The second-order valence-corrected chi connectivity index (χ2v) is 3.68. The first-order chi connectivity index (χ1) is 8.70. The van der Waals surface area contributed by atoms with Crippen molar-refractivity contribution >= 4 is 11.9 Å². The Morgan fingerprint density at radius 1 is 1.06 bits per heavy atom. The summed E-state index contributed by atoms with van der Waals surface area (Å²) in [6, 6.07) is 11.8. The Morgan fingerprint density at radius 2 is 1.83 bits per heavy atom. The third-order valence-electron chi connectivity index (χ3n) is 2.44. The number of methoxy groups -OCH3 is 1. The van der Waals surface area contributed by atoms with Gasteiger partial charge in [0.15, 0.2) is 11.5 Å². The third kappa shape index (κ3) is 2.60. The van der Waals surface area contributed by atoms with Gasteiger partial charge in [-0.05, 0) is 35.9 Å². The summed E-state index contributed by atoms with van der Waals surface area (Å²) in [5.74, 6) is 0.583. The topological polar surface area (TPSA) is 62.0 Å². The van der Waals surface area contributed by atoms with Crippen LogP contribution in [-0.2, 0) is 0 Å². The van der Waals surface area contributed by atoms with Crippen LogP contribution in [0, 0.1) is 0 Å². The van der Waals surface area contributed by atoms with Crippen LogP contribution >= 0.6 is 0 Å². The Morgan fingerprint density at radius 3 is 2.50 bits per heavy atom. The number of rotatable bonds is 3. The van der Waals surface area contributed by atoms with Gasteiger partial charge in [-0.25, -0.2) is 0 Å². The van der Waals surface area contributed by atoms with Crippen molar-refractivity contribution in [3.8, 4) is 17.2 Å². The molecule has 0 saturated carbocycles. The standard InChI is InChI=1S/C14H13NO3/c1-18-14-7-6-10(8-13(14)17)9-15-11-4-2-3-5-12(11)16/h2-9,16-17H,1H3. The molecule has 0 aliphatic carbocycles. The molecule has 0 aliphatic heterocycles. The van der Waals surface area contributed by atoms with Gasteiger partial charge in [-0.3, -0.25) is 4.99 Å². The molecule has 0 heterocycles. The minimum Gasteiger partial charge on any atom is -0.506 e. The zero-order valence-corrected chi connectivity index (χ0v) is 9.87. The van der Waals surface area contributed by atoms with Gasteiger partial charge in [-0.15, -0.1) is 0 Å². The summed E-state index contributed by atoms with van der Waals surface area (Å²) < 4.78 is 4.95. The lowest BCUT2D eigenvalue weighted by Gasteiger charge is -2.03. The summed E-state index contributed by atoms with van der Waals surface area (Å²) in [7, 11) is 1.49.